The predicted molar refractivity (Wildman–Crippen MR) is 98.5 cm³/mol. The smallest absolute Gasteiger partial charge is 0.224 e. The van der Waals surface area contributed by atoms with E-state index in [0.29, 0.717) is 6.42 Å². The van der Waals surface area contributed by atoms with Gasteiger partial charge in [-0.2, -0.15) is 5.10 Å². The summed E-state index contributed by atoms with van der Waals surface area (Å²) in [6.45, 7) is 1.50. The summed E-state index contributed by atoms with van der Waals surface area (Å²) in [5.74, 6) is 0.0963. The van der Waals surface area contributed by atoms with Crippen LogP contribution in [0.5, 0.6) is 0 Å². The second kappa shape index (κ2) is 6.81. The maximum atomic E-state index is 11.4. The molecule has 0 unspecified atom stereocenters. The lowest BCUT2D eigenvalue weighted by molar-refractivity contribution is -0.116. The van der Waals surface area contributed by atoms with E-state index in [0.717, 1.165) is 36.4 Å². The van der Waals surface area contributed by atoms with Crippen LogP contribution < -0.4 is 10.6 Å². The molecule has 1 aliphatic heterocycles. The standard InChI is InChI=1S/C20H20N4O/c25-20-9-6-17-10-18(7-8-19(17)23-20)21-11-16-12-22-24(14-16)13-15-4-2-1-3-5-15/h1-5,7-8,10,12,14,21H,6,9,11,13H2,(H,23,25). The van der Waals surface area contributed by atoms with Crippen molar-refractivity contribution in [2.75, 3.05) is 10.6 Å². The van der Waals surface area contributed by atoms with E-state index in [1.807, 2.05) is 41.2 Å². The first-order valence-electron chi connectivity index (χ1n) is 8.48. The van der Waals surface area contributed by atoms with Crippen LogP contribution in [-0.2, 0) is 24.3 Å². The number of nitrogens with zero attached hydrogens (tertiary/aromatic N) is 2. The number of hydrogen-bond donors (Lipinski definition) is 2. The number of anilines is 2. The Morgan fingerprint density at radius 3 is 2.84 bits per heavy atom. The Morgan fingerprint density at radius 1 is 1.08 bits per heavy atom. The molecule has 0 saturated heterocycles. The van der Waals surface area contributed by atoms with Gasteiger partial charge in [-0.3, -0.25) is 9.48 Å². The zero-order chi connectivity index (χ0) is 17.1. The van der Waals surface area contributed by atoms with Gasteiger partial charge in [0.2, 0.25) is 5.91 Å². The van der Waals surface area contributed by atoms with Crippen molar-refractivity contribution >= 4 is 17.3 Å². The number of fused-ring (bicyclic) bond motifs is 1. The van der Waals surface area contributed by atoms with Crippen LogP contribution >= 0.6 is 0 Å². The largest absolute Gasteiger partial charge is 0.381 e. The average molecular weight is 332 g/mol. The van der Waals surface area contributed by atoms with Crippen LogP contribution in [0.1, 0.15) is 23.1 Å². The van der Waals surface area contributed by atoms with Gasteiger partial charge in [0.25, 0.3) is 0 Å². The highest BCUT2D eigenvalue weighted by Crippen LogP contribution is 2.25. The lowest BCUT2D eigenvalue weighted by Crippen LogP contribution is -2.18. The molecule has 1 amide bonds. The Bertz CT molecular complexity index is 886. The SMILES string of the molecule is O=C1CCc2cc(NCc3cnn(Cc4ccccc4)c3)ccc2N1. The molecule has 1 aromatic heterocycles. The summed E-state index contributed by atoms with van der Waals surface area (Å²) in [5, 5.41) is 10.8. The Labute approximate surface area is 146 Å². The van der Waals surface area contributed by atoms with Crippen molar-refractivity contribution in [3.05, 3.63) is 77.6 Å². The van der Waals surface area contributed by atoms with Crippen LogP contribution in [0.25, 0.3) is 0 Å². The van der Waals surface area contributed by atoms with Crippen molar-refractivity contribution < 1.29 is 4.79 Å². The third-order valence-electron chi connectivity index (χ3n) is 4.37. The van der Waals surface area contributed by atoms with Crippen molar-refractivity contribution in [1.29, 1.82) is 0 Å². The minimum atomic E-state index is 0.0963. The minimum absolute atomic E-state index is 0.0963. The molecule has 2 heterocycles. The van der Waals surface area contributed by atoms with Crippen LogP contribution in [0.15, 0.2) is 60.9 Å². The van der Waals surface area contributed by atoms with E-state index >= 15 is 0 Å². The van der Waals surface area contributed by atoms with Crippen molar-refractivity contribution in [2.45, 2.75) is 25.9 Å². The molecule has 4 rings (SSSR count). The summed E-state index contributed by atoms with van der Waals surface area (Å²) >= 11 is 0. The predicted octanol–water partition coefficient (Wildman–Crippen LogP) is 3.43. The molecule has 0 spiro atoms. The molecule has 0 atom stereocenters. The van der Waals surface area contributed by atoms with Crippen LogP contribution in [0, 0.1) is 0 Å². The fourth-order valence-electron chi connectivity index (χ4n) is 3.05. The highest BCUT2D eigenvalue weighted by Gasteiger charge is 2.14. The lowest BCUT2D eigenvalue weighted by atomic mass is 10.0. The van der Waals surface area contributed by atoms with E-state index in [1.54, 1.807) is 0 Å². The van der Waals surface area contributed by atoms with Crippen LogP contribution in [0.2, 0.25) is 0 Å². The number of aryl methyl sites for hydroxylation is 1. The van der Waals surface area contributed by atoms with E-state index in [2.05, 4.69) is 40.1 Å². The van der Waals surface area contributed by atoms with Gasteiger partial charge in [-0.15, -0.1) is 0 Å². The van der Waals surface area contributed by atoms with Gasteiger partial charge in [-0.1, -0.05) is 30.3 Å². The Kier molecular flexibility index (Phi) is 4.21. The van der Waals surface area contributed by atoms with Gasteiger partial charge in [0, 0.05) is 36.1 Å². The van der Waals surface area contributed by atoms with Gasteiger partial charge in [-0.25, -0.2) is 0 Å². The second-order valence-corrected chi connectivity index (χ2v) is 6.31. The molecule has 1 aliphatic rings. The molecular formula is C20H20N4O. The molecule has 0 bridgehead atoms. The van der Waals surface area contributed by atoms with Crippen LogP contribution in [-0.4, -0.2) is 15.7 Å². The first-order valence-corrected chi connectivity index (χ1v) is 8.48. The number of carbonyl (C=O) groups excluding carboxylic acids is 1. The van der Waals surface area contributed by atoms with E-state index in [1.165, 1.54) is 11.1 Å². The summed E-state index contributed by atoms with van der Waals surface area (Å²) in [7, 11) is 0. The van der Waals surface area contributed by atoms with Gasteiger partial charge < -0.3 is 10.6 Å². The number of carbonyl (C=O) groups is 1. The normalized spacial score (nSPS) is 13.2. The van der Waals surface area contributed by atoms with Crippen molar-refractivity contribution in [3.8, 4) is 0 Å². The molecular weight excluding hydrogens is 312 g/mol. The van der Waals surface area contributed by atoms with Gasteiger partial charge in [0.1, 0.15) is 0 Å². The summed E-state index contributed by atoms with van der Waals surface area (Å²) in [4.78, 5) is 11.4. The van der Waals surface area contributed by atoms with Crippen LogP contribution in [0.4, 0.5) is 11.4 Å². The van der Waals surface area contributed by atoms with Gasteiger partial charge in [-0.05, 0) is 35.7 Å². The molecule has 0 radical (unpaired) electrons. The summed E-state index contributed by atoms with van der Waals surface area (Å²) < 4.78 is 1.95. The monoisotopic (exact) mass is 332 g/mol. The molecule has 0 saturated carbocycles. The third kappa shape index (κ3) is 3.71. The topological polar surface area (TPSA) is 59.0 Å². The van der Waals surface area contributed by atoms with Gasteiger partial charge >= 0.3 is 0 Å². The highest BCUT2D eigenvalue weighted by molar-refractivity contribution is 5.94. The van der Waals surface area contributed by atoms with E-state index < -0.39 is 0 Å². The first kappa shape index (κ1) is 15.4. The number of rotatable bonds is 5. The highest BCUT2D eigenvalue weighted by atomic mass is 16.1. The van der Waals surface area contributed by atoms with E-state index in [-0.39, 0.29) is 5.91 Å². The number of benzene rings is 2. The molecule has 5 nitrogen and oxygen atoms in total. The zero-order valence-corrected chi connectivity index (χ0v) is 13.9. The van der Waals surface area contributed by atoms with Crippen molar-refractivity contribution in [3.63, 3.8) is 0 Å². The molecule has 3 aromatic rings. The van der Waals surface area contributed by atoms with E-state index in [9.17, 15) is 4.79 Å². The summed E-state index contributed by atoms with van der Waals surface area (Å²) in [6.07, 6.45) is 5.32. The van der Waals surface area contributed by atoms with Crippen molar-refractivity contribution in [1.82, 2.24) is 9.78 Å². The molecule has 0 aliphatic carbocycles. The fourth-order valence-corrected chi connectivity index (χ4v) is 3.05. The Morgan fingerprint density at radius 2 is 1.96 bits per heavy atom. The van der Waals surface area contributed by atoms with Gasteiger partial charge in [0.15, 0.2) is 0 Å². The number of nitrogens with one attached hydrogen (secondary N) is 2. The molecule has 126 valence electrons. The summed E-state index contributed by atoms with van der Waals surface area (Å²) in [5.41, 5.74) is 5.55. The van der Waals surface area contributed by atoms with Crippen molar-refractivity contribution in [2.24, 2.45) is 0 Å². The minimum Gasteiger partial charge on any atom is -0.381 e. The average Bonchev–Trinajstić information content (AvgIpc) is 3.08. The molecule has 5 heteroatoms. The van der Waals surface area contributed by atoms with Crippen LogP contribution in [0.3, 0.4) is 0 Å². The maximum Gasteiger partial charge on any atom is 0.224 e. The number of hydrogen-bond acceptors (Lipinski definition) is 3. The van der Waals surface area contributed by atoms with E-state index in [4.69, 9.17) is 0 Å². The Balaban J connectivity index is 1.38. The molecule has 2 aromatic carbocycles. The number of aromatic nitrogens is 2. The maximum absolute atomic E-state index is 11.4. The lowest BCUT2D eigenvalue weighted by Gasteiger charge is -2.18. The first-order chi connectivity index (χ1) is 12.3. The molecule has 25 heavy (non-hydrogen) atoms. The second-order valence-electron chi connectivity index (χ2n) is 6.31. The Hall–Kier alpha value is -3.08. The summed E-state index contributed by atoms with van der Waals surface area (Å²) in [6, 6.07) is 16.4. The third-order valence-corrected chi connectivity index (χ3v) is 4.37. The zero-order valence-electron chi connectivity index (χ0n) is 13.9. The fraction of sp³-hybridized carbons (Fsp3) is 0.200. The van der Waals surface area contributed by atoms with Gasteiger partial charge in [0.05, 0.1) is 12.7 Å². The quantitative estimate of drug-likeness (QED) is 0.752. The molecule has 2 N–H and O–H groups in total. The number of amides is 1. The molecule has 0 fully saturated rings.